The summed E-state index contributed by atoms with van der Waals surface area (Å²) >= 11 is 10.5. The summed E-state index contributed by atoms with van der Waals surface area (Å²) in [6.07, 6.45) is 5.86. The first kappa shape index (κ1) is 15.8. The van der Waals surface area contributed by atoms with E-state index in [2.05, 4.69) is 53.1 Å². The Bertz CT molecular complexity index is 410. The Balaban J connectivity index is 1.87. The number of rotatable bonds is 5. The van der Waals surface area contributed by atoms with Crippen LogP contribution in [-0.2, 0) is 0 Å². The molecule has 0 aromatic heterocycles. The topological polar surface area (TPSA) is 32.3 Å². The van der Waals surface area contributed by atoms with E-state index in [1.165, 1.54) is 25.7 Å². The minimum Gasteiger partial charge on any atom is -0.391 e. The second-order valence-electron chi connectivity index (χ2n) is 5.17. The molecule has 0 aliphatic heterocycles. The fraction of sp³-hybridized carbons (Fsp3) is 0.571. The highest BCUT2D eigenvalue weighted by atomic mass is 79.9. The van der Waals surface area contributed by atoms with Crippen molar-refractivity contribution < 1.29 is 5.11 Å². The van der Waals surface area contributed by atoms with Gasteiger partial charge in [-0.25, -0.2) is 0 Å². The Hall–Kier alpha value is 0.420. The van der Waals surface area contributed by atoms with Crippen molar-refractivity contribution in [2.45, 2.75) is 38.2 Å². The zero-order valence-electron chi connectivity index (χ0n) is 10.6. The molecule has 5 heteroatoms. The van der Waals surface area contributed by atoms with Crippen LogP contribution in [0.4, 0.5) is 5.69 Å². The standard InChI is InChI=1S/C14H18Br3NO/c15-10-6-12(16)14(13(17)7-10)18-8-11(19)5-9-3-1-2-4-9/h6-7,9,11,18-19H,1-5,8H2. The largest absolute Gasteiger partial charge is 0.391 e. The number of anilines is 1. The molecule has 1 saturated carbocycles. The smallest absolute Gasteiger partial charge is 0.0715 e. The van der Waals surface area contributed by atoms with E-state index in [4.69, 9.17) is 0 Å². The SMILES string of the molecule is OC(CNc1c(Br)cc(Br)cc1Br)CC1CCCC1. The highest BCUT2D eigenvalue weighted by molar-refractivity contribution is 9.11. The van der Waals surface area contributed by atoms with E-state index >= 15 is 0 Å². The molecule has 1 fully saturated rings. The summed E-state index contributed by atoms with van der Waals surface area (Å²) < 4.78 is 2.99. The number of hydrogen-bond acceptors (Lipinski definition) is 2. The molecule has 0 heterocycles. The zero-order valence-corrected chi connectivity index (χ0v) is 15.4. The van der Waals surface area contributed by atoms with Crippen molar-refractivity contribution in [2.24, 2.45) is 5.92 Å². The molecule has 0 spiro atoms. The van der Waals surface area contributed by atoms with Crippen molar-refractivity contribution in [3.63, 3.8) is 0 Å². The van der Waals surface area contributed by atoms with Crippen LogP contribution < -0.4 is 5.32 Å². The van der Waals surface area contributed by atoms with Crippen LogP contribution in [0.2, 0.25) is 0 Å². The predicted octanol–water partition coefficient (Wildman–Crippen LogP) is 5.33. The van der Waals surface area contributed by atoms with E-state index in [0.717, 1.165) is 25.5 Å². The lowest BCUT2D eigenvalue weighted by atomic mass is 10.00. The van der Waals surface area contributed by atoms with E-state index in [9.17, 15) is 5.11 Å². The predicted molar refractivity (Wildman–Crippen MR) is 90.6 cm³/mol. The van der Waals surface area contributed by atoms with Crippen LogP contribution in [0.1, 0.15) is 32.1 Å². The van der Waals surface area contributed by atoms with E-state index in [-0.39, 0.29) is 6.10 Å². The highest BCUT2D eigenvalue weighted by Gasteiger charge is 2.19. The van der Waals surface area contributed by atoms with Crippen LogP contribution in [0.15, 0.2) is 25.6 Å². The Labute approximate surface area is 139 Å². The van der Waals surface area contributed by atoms with E-state index in [1.54, 1.807) is 0 Å². The molecule has 1 atom stereocenters. The summed E-state index contributed by atoms with van der Waals surface area (Å²) in [5.74, 6) is 0.716. The Morgan fingerprint density at radius 3 is 2.32 bits per heavy atom. The second kappa shape index (κ2) is 7.43. The summed E-state index contributed by atoms with van der Waals surface area (Å²) in [6, 6.07) is 3.99. The minimum atomic E-state index is -0.273. The Morgan fingerprint density at radius 2 is 1.74 bits per heavy atom. The molecule has 2 rings (SSSR count). The van der Waals surface area contributed by atoms with Crippen LogP contribution in [0.3, 0.4) is 0 Å². The Morgan fingerprint density at radius 1 is 1.16 bits per heavy atom. The minimum absolute atomic E-state index is 0.273. The van der Waals surface area contributed by atoms with Gasteiger partial charge in [0, 0.05) is 20.0 Å². The first-order chi connectivity index (χ1) is 9.06. The molecular formula is C14H18Br3NO. The number of hydrogen-bond donors (Lipinski definition) is 2. The van der Waals surface area contributed by atoms with Gasteiger partial charge in [0.05, 0.1) is 11.8 Å². The van der Waals surface area contributed by atoms with Crippen LogP contribution in [-0.4, -0.2) is 17.8 Å². The molecule has 0 bridgehead atoms. The third-order valence-electron chi connectivity index (χ3n) is 3.60. The van der Waals surface area contributed by atoms with Crippen molar-refractivity contribution in [2.75, 3.05) is 11.9 Å². The number of aliphatic hydroxyl groups is 1. The van der Waals surface area contributed by atoms with Gasteiger partial charge in [-0.15, -0.1) is 0 Å². The third-order valence-corrected chi connectivity index (χ3v) is 5.31. The normalized spacial score (nSPS) is 17.7. The second-order valence-corrected chi connectivity index (χ2v) is 7.79. The molecule has 2 N–H and O–H groups in total. The van der Waals surface area contributed by atoms with Crippen molar-refractivity contribution >= 4 is 53.5 Å². The van der Waals surface area contributed by atoms with Crippen molar-refractivity contribution in [3.8, 4) is 0 Å². The van der Waals surface area contributed by atoms with Gasteiger partial charge in [-0.1, -0.05) is 41.6 Å². The third kappa shape index (κ3) is 4.73. The summed E-state index contributed by atoms with van der Waals surface area (Å²) in [6.45, 7) is 0.593. The zero-order chi connectivity index (χ0) is 13.8. The lowest BCUT2D eigenvalue weighted by Gasteiger charge is -2.18. The molecule has 2 nitrogen and oxygen atoms in total. The van der Waals surface area contributed by atoms with Crippen molar-refractivity contribution in [1.82, 2.24) is 0 Å². The first-order valence-electron chi connectivity index (χ1n) is 6.62. The maximum absolute atomic E-state index is 10.1. The van der Waals surface area contributed by atoms with Gasteiger partial charge in [-0.3, -0.25) is 0 Å². The average molecular weight is 456 g/mol. The number of benzene rings is 1. The van der Waals surface area contributed by atoms with Crippen LogP contribution in [0.5, 0.6) is 0 Å². The van der Waals surface area contributed by atoms with E-state index in [1.807, 2.05) is 12.1 Å². The number of halogens is 3. The summed E-state index contributed by atoms with van der Waals surface area (Å²) in [5.41, 5.74) is 0.994. The summed E-state index contributed by atoms with van der Waals surface area (Å²) in [4.78, 5) is 0. The quantitative estimate of drug-likeness (QED) is 0.629. The van der Waals surface area contributed by atoms with Gasteiger partial charge in [0.25, 0.3) is 0 Å². The lowest BCUT2D eigenvalue weighted by molar-refractivity contribution is 0.155. The highest BCUT2D eigenvalue weighted by Crippen LogP contribution is 2.34. The molecule has 1 aliphatic rings. The van der Waals surface area contributed by atoms with Gasteiger partial charge in [0.2, 0.25) is 0 Å². The van der Waals surface area contributed by atoms with Crippen LogP contribution >= 0.6 is 47.8 Å². The van der Waals surface area contributed by atoms with Gasteiger partial charge in [0.15, 0.2) is 0 Å². The molecule has 0 amide bonds. The van der Waals surface area contributed by atoms with Crippen LogP contribution in [0, 0.1) is 5.92 Å². The van der Waals surface area contributed by atoms with Gasteiger partial charge in [-0.2, -0.15) is 0 Å². The van der Waals surface area contributed by atoms with E-state index in [0.29, 0.717) is 12.5 Å². The Kier molecular flexibility index (Phi) is 6.18. The fourth-order valence-electron chi connectivity index (χ4n) is 2.65. The molecule has 1 aromatic rings. The fourth-order valence-corrected chi connectivity index (χ4v) is 5.18. The molecule has 106 valence electrons. The monoisotopic (exact) mass is 453 g/mol. The first-order valence-corrected chi connectivity index (χ1v) is 9.00. The molecular weight excluding hydrogens is 438 g/mol. The van der Waals surface area contributed by atoms with Gasteiger partial charge in [-0.05, 0) is 56.3 Å². The molecule has 19 heavy (non-hydrogen) atoms. The van der Waals surface area contributed by atoms with Gasteiger partial charge in [0.1, 0.15) is 0 Å². The summed E-state index contributed by atoms with van der Waals surface area (Å²) in [7, 11) is 0. The maximum Gasteiger partial charge on any atom is 0.0715 e. The van der Waals surface area contributed by atoms with Crippen molar-refractivity contribution in [3.05, 3.63) is 25.6 Å². The number of nitrogens with one attached hydrogen (secondary N) is 1. The van der Waals surface area contributed by atoms with Crippen LogP contribution in [0.25, 0.3) is 0 Å². The van der Waals surface area contributed by atoms with Gasteiger partial charge >= 0.3 is 0 Å². The molecule has 1 aromatic carbocycles. The van der Waals surface area contributed by atoms with E-state index < -0.39 is 0 Å². The van der Waals surface area contributed by atoms with Crippen molar-refractivity contribution in [1.29, 1.82) is 0 Å². The average Bonchev–Trinajstić information content (AvgIpc) is 2.80. The molecule has 1 aliphatic carbocycles. The number of aliphatic hydroxyl groups excluding tert-OH is 1. The molecule has 1 unspecified atom stereocenters. The maximum atomic E-state index is 10.1. The van der Waals surface area contributed by atoms with Gasteiger partial charge < -0.3 is 10.4 Å². The molecule has 0 radical (unpaired) electrons. The molecule has 0 saturated heterocycles. The lowest BCUT2D eigenvalue weighted by Crippen LogP contribution is -2.22. The summed E-state index contributed by atoms with van der Waals surface area (Å²) in [5, 5.41) is 13.4.